The summed E-state index contributed by atoms with van der Waals surface area (Å²) in [5, 5.41) is 18.0. The van der Waals surface area contributed by atoms with E-state index in [0.29, 0.717) is 46.5 Å². The van der Waals surface area contributed by atoms with E-state index in [-0.39, 0.29) is 57.5 Å². The Morgan fingerprint density at radius 3 is 1.52 bits per heavy atom. The minimum absolute atomic E-state index is 0.0530. The summed E-state index contributed by atoms with van der Waals surface area (Å²) in [6.45, 7) is 5.54. The minimum atomic E-state index is -4.17. The topological polar surface area (TPSA) is 171 Å². The third-order valence-corrected chi connectivity index (χ3v) is 11.1. The van der Waals surface area contributed by atoms with Gasteiger partial charge in [-0.1, -0.05) is 41.4 Å². The van der Waals surface area contributed by atoms with Crippen LogP contribution in [0.15, 0.2) is 105 Å². The van der Waals surface area contributed by atoms with Gasteiger partial charge in [0.25, 0.3) is 0 Å². The van der Waals surface area contributed by atoms with E-state index in [4.69, 9.17) is 34.8 Å². The normalized spacial score (nSPS) is 11.1. The highest BCUT2D eigenvalue weighted by atomic mass is 35.5. The van der Waals surface area contributed by atoms with Gasteiger partial charge >= 0.3 is 12.4 Å². The molecule has 0 aromatic carbocycles. The number of halogens is 9. The van der Waals surface area contributed by atoms with Gasteiger partial charge in [-0.25, -0.2) is 14.0 Å². The van der Waals surface area contributed by atoms with E-state index in [1.54, 1.807) is 93.0 Å². The molecule has 6 rings (SSSR count). The SMILES string of the molecule is C=CC(=O)Nc1cn(-c2cccnc2)nc1Cl.CCN(C(=O)CCSCCC(F)(F)F)c1cn(-c2cccnc2)nc1Cl.O=C(CCSCCC(F)(F)F)Nc1cn(-c2cccnc2)nc1Cl. The summed E-state index contributed by atoms with van der Waals surface area (Å²) >= 11 is 20.2. The summed E-state index contributed by atoms with van der Waals surface area (Å²) in [6.07, 6.45) is 5.90. The van der Waals surface area contributed by atoms with Gasteiger partial charge in [-0.2, -0.15) is 65.2 Å². The second-order valence-electron chi connectivity index (χ2n) is 13.3. The largest absolute Gasteiger partial charge is 0.389 e. The van der Waals surface area contributed by atoms with E-state index < -0.39 is 25.2 Å². The van der Waals surface area contributed by atoms with Crippen LogP contribution < -0.4 is 15.5 Å². The maximum atomic E-state index is 12.4. The molecular weight excluding hydrogens is 993 g/mol. The van der Waals surface area contributed by atoms with Crippen molar-refractivity contribution in [2.24, 2.45) is 0 Å². The molecule has 6 aromatic heterocycles. The number of hydrogen-bond acceptors (Lipinski definition) is 11. The van der Waals surface area contributed by atoms with Crippen LogP contribution in [0.5, 0.6) is 0 Å². The second-order valence-corrected chi connectivity index (χ2v) is 16.8. The number of rotatable bonds is 18. The van der Waals surface area contributed by atoms with E-state index in [9.17, 15) is 40.7 Å². The number of pyridine rings is 3. The molecule has 0 atom stereocenters. The fourth-order valence-electron chi connectivity index (χ4n) is 5.18. The fourth-order valence-corrected chi connectivity index (χ4v) is 7.58. The van der Waals surface area contributed by atoms with Crippen molar-refractivity contribution >= 4 is 93.1 Å². The Labute approximate surface area is 403 Å². The Bertz CT molecular complexity index is 2500. The molecule has 0 radical (unpaired) electrons. The predicted molar refractivity (Wildman–Crippen MR) is 250 cm³/mol. The lowest BCUT2D eigenvalue weighted by Crippen LogP contribution is -2.30. The van der Waals surface area contributed by atoms with Crippen LogP contribution in [0.25, 0.3) is 17.1 Å². The lowest BCUT2D eigenvalue weighted by atomic mass is 10.3. The van der Waals surface area contributed by atoms with Crippen LogP contribution in [0.2, 0.25) is 15.5 Å². The van der Waals surface area contributed by atoms with Gasteiger partial charge in [0, 0.05) is 61.0 Å². The van der Waals surface area contributed by atoms with Crippen molar-refractivity contribution in [1.82, 2.24) is 44.3 Å². The summed E-state index contributed by atoms with van der Waals surface area (Å²) in [5.74, 6) is -0.366. The fraction of sp³-hybridized carbons (Fsp3) is 0.293. The highest BCUT2D eigenvalue weighted by Gasteiger charge is 2.27. The number of carbonyl (C=O) groups excluding carboxylic acids is 3. The number of aromatic nitrogens is 9. The van der Waals surface area contributed by atoms with Gasteiger partial charge in [0.1, 0.15) is 5.69 Å². The van der Waals surface area contributed by atoms with Crippen LogP contribution in [-0.4, -0.2) is 104 Å². The number of hydrogen-bond donors (Lipinski definition) is 2. The Morgan fingerprint density at radius 2 is 1.10 bits per heavy atom. The molecule has 0 bridgehead atoms. The van der Waals surface area contributed by atoms with Crippen molar-refractivity contribution in [3.8, 4) is 17.1 Å². The summed E-state index contributed by atoms with van der Waals surface area (Å²) < 4.78 is 76.9. The van der Waals surface area contributed by atoms with Crippen LogP contribution in [0.4, 0.5) is 43.4 Å². The number of alkyl halides is 6. The summed E-state index contributed by atoms with van der Waals surface area (Å²) in [7, 11) is 0. The molecule has 0 saturated carbocycles. The Hall–Kier alpha value is -5.62. The smallest absolute Gasteiger partial charge is 0.322 e. The monoisotopic (exact) mass is 1030 g/mol. The van der Waals surface area contributed by atoms with Gasteiger partial charge in [-0.15, -0.1) is 0 Å². The van der Waals surface area contributed by atoms with E-state index in [2.05, 4.69) is 47.5 Å². The van der Waals surface area contributed by atoms with Crippen LogP contribution in [0, 0.1) is 0 Å². The summed E-state index contributed by atoms with van der Waals surface area (Å²) in [6, 6.07) is 10.7. The zero-order chi connectivity index (χ0) is 49.0. The quantitative estimate of drug-likeness (QED) is 0.0477. The molecule has 2 N–H and O–H groups in total. The van der Waals surface area contributed by atoms with Gasteiger partial charge in [-0.05, 0) is 49.4 Å². The van der Waals surface area contributed by atoms with E-state index >= 15 is 0 Å². The number of amides is 3. The zero-order valence-corrected chi connectivity index (χ0v) is 39.1. The number of nitrogens with one attached hydrogen (secondary N) is 2. The van der Waals surface area contributed by atoms with Crippen molar-refractivity contribution in [3.63, 3.8) is 0 Å². The highest BCUT2D eigenvalue weighted by Crippen LogP contribution is 2.28. The molecule has 0 aliphatic rings. The molecule has 67 heavy (non-hydrogen) atoms. The van der Waals surface area contributed by atoms with Crippen LogP contribution in [-0.2, 0) is 14.4 Å². The summed E-state index contributed by atoms with van der Waals surface area (Å²) in [5.41, 5.74) is 3.37. The van der Waals surface area contributed by atoms with Gasteiger partial charge in [0.15, 0.2) is 15.5 Å². The molecule has 15 nitrogen and oxygen atoms in total. The van der Waals surface area contributed by atoms with E-state index in [1.165, 1.54) is 18.9 Å². The average molecular weight is 1030 g/mol. The maximum absolute atomic E-state index is 12.4. The minimum Gasteiger partial charge on any atom is -0.322 e. The molecule has 0 aliphatic heterocycles. The van der Waals surface area contributed by atoms with Crippen LogP contribution >= 0.6 is 58.3 Å². The van der Waals surface area contributed by atoms with Crippen molar-refractivity contribution in [2.75, 3.05) is 45.1 Å². The molecule has 3 amide bonds. The molecule has 6 heterocycles. The molecule has 6 aromatic rings. The number of thioether (sulfide) groups is 2. The number of nitrogens with zero attached hydrogens (tertiary/aromatic N) is 10. The molecule has 0 aliphatic carbocycles. The van der Waals surface area contributed by atoms with Crippen molar-refractivity contribution < 1.29 is 40.7 Å². The van der Waals surface area contributed by atoms with Crippen LogP contribution in [0.3, 0.4) is 0 Å². The molecule has 0 spiro atoms. The van der Waals surface area contributed by atoms with Crippen molar-refractivity contribution in [3.05, 3.63) is 120 Å². The standard InChI is InChI=1S/C16H18ClF3N4OS.C14H14ClF3N4OS.C11H9ClN4O/c1-2-23(14(25)5-8-26-9-6-16(18,19)20)13-11-24(22-15(13)17)12-4-3-7-21-10-12;15-13-11(9-22(21-13)10-2-1-5-19-8-10)20-12(23)3-6-24-7-4-14(16,17)18;1-2-10(17)14-9-7-16(15-11(9)12)8-4-3-5-13-6-8/h3-4,7,10-11H,2,5-6,8-9H2,1H3;1-2,5,8-9H,3-4,6-7H2,(H,20,23);2-7H,1H2,(H,14,17). The Morgan fingerprint density at radius 1 is 0.672 bits per heavy atom. The molecular formula is C41H41Cl3F6N12O3S2. The first-order valence-corrected chi connectivity index (χ1v) is 23.1. The Kier molecular flexibility index (Phi) is 21.5. The van der Waals surface area contributed by atoms with Gasteiger partial charge in [-0.3, -0.25) is 29.3 Å². The van der Waals surface area contributed by atoms with Gasteiger partial charge in [0.2, 0.25) is 17.7 Å². The number of anilines is 3. The Balaban J connectivity index is 0.000000224. The maximum Gasteiger partial charge on any atom is 0.389 e. The van der Waals surface area contributed by atoms with Gasteiger partial charge < -0.3 is 15.5 Å². The second kappa shape index (κ2) is 26.6. The molecule has 0 unspecified atom stereocenters. The third kappa shape index (κ3) is 18.9. The molecule has 0 fully saturated rings. The lowest BCUT2D eigenvalue weighted by molar-refractivity contribution is -0.130. The predicted octanol–water partition coefficient (Wildman–Crippen LogP) is 10.3. The molecule has 358 valence electrons. The van der Waals surface area contributed by atoms with Gasteiger partial charge in [0.05, 0.1) is 78.5 Å². The van der Waals surface area contributed by atoms with Crippen molar-refractivity contribution in [1.29, 1.82) is 0 Å². The highest BCUT2D eigenvalue weighted by molar-refractivity contribution is 7.99. The average Bonchev–Trinajstić information content (AvgIpc) is 3.99. The van der Waals surface area contributed by atoms with E-state index in [1.807, 2.05) is 6.07 Å². The molecule has 0 saturated heterocycles. The number of carbonyl (C=O) groups is 3. The lowest BCUT2D eigenvalue weighted by Gasteiger charge is -2.19. The first kappa shape index (κ1) is 54.0. The van der Waals surface area contributed by atoms with Crippen LogP contribution in [0.1, 0.15) is 32.6 Å². The molecule has 26 heteroatoms. The van der Waals surface area contributed by atoms with E-state index in [0.717, 1.165) is 35.3 Å². The first-order valence-electron chi connectivity index (χ1n) is 19.7. The third-order valence-electron chi connectivity index (χ3n) is 8.34. The zero-order valence-electron chi connectivity index (χ0n) is 35.2. The summed E-state index contributed by atoms with van der Waals surface area (Å²) in [4.78, 5) is 48.8. The van der Waals surface area contributed by atoms with Crippen molar-refractivity contribution in [2.45, 2.75) is 45.0 Å². The first-order chi connectivity index (χ1) is 31.9.